The Morgan fingerprint density at radius 1 is 1.27 bits per heavy atom. The van der Waals surface area contributed by atoms with Gasteiger partial charge in [0, 0.05) is 5.56 Å². The van der Waals surface area contributed by atoms with Gasteiger partial charge in [0.2, 0.25) is 0 Å². The number of phenolic OH excluding ortho intramolecular Hbond substituents is 1. The minimum atomic E-state index is -0.662. The minimum Gasteiger partial charge on any atom is -0.507 e. The van der Waals surface area contributed by atoms with Crippen LogP contribution in [0.25, 0.3) is 0 Å². The Morgan fingerprint density at radius 2 is 2.03 bits per heavy atom. The van der Waals surface area contributed by atoms with Crippen molar-refractivity contribution in [1.29, 1.82) is 0 Å². The van der Waals surface area contributed by atoms with Gasteiger partial charge in [0.15, 0.2) is 5.69 Å². The molecule has 0 atom stereocenters. The van der Waals surface area contributed by atoms with Crippen LogP contribution in [0.2, 0.25) is 0 Å². The molecule has 3 aromatic rings. The van der Waals surface area contributed by atoms with Gasteiger partial charge < -0.3 is 15.2 Å². The molecule has 1 heterocycles. The molecule has 152 valence electrons. The Kier molecular flexibility index (Phi) is 6.33. The molecule has 0 unspecified atom stereocenters. The van der Waals surface area contributed by atoms with E-state index in [1.165, 1.54) is 10.9 Å². The number of aromatic hydroxyl groups is 1. The maximum Gasteiger partial charge on any atom is 0.390 e. The first-order valence-corrected chi connectivity index (χ1v) is 9.01. The number of hydrogen-bond donors (Lipinski definition) is 2. The van der Waals surface area contributed by atoms with Crippen LogP contribution in [-0.4, -0.2) is 31.9 Å². The van der Waals surface area contributed by atoms with Gasteiger partial charge in [0.1, 0.15) is 5.75 Å². The van der Waals surface area contributed by atoms with Crippen LogP contribution in [0.1, 0.15) is 27.2 Å². The van der Waals surface area contributed by atoms with Gasteiger partial charge in [-0.05, 0) is 28.5 Å². The first-order chi connectivity index (χ1) is 14.5. The molecule has 3 rings (SSSR count). The number of nitro groups is 1. The van der Waals surface area contributed by atoms with Crippen molar-refractivity contribution < 1.29 is 14.8 Å². The van der Waals surface area contributed by atoms with E-state index in [9.17, 15) is 20.0 Å². The van der Waals surface area contributed by atoms with Crippen molar-refractivity contribution >= 4 is 17.9 Å². The summed E-state index contributed by atoms with van der Waals surface area (Å²) in [6.07, 6.45) is 3.45. The number of hydrazone groups is 1. The van der Waals surface area contributed by atoms with E-state index in [1.54, 1.807) is 24.3 Å². The molecule has 1 amide bonds. The van der Waals surface area contributed by atoms with E-state index in [0.717, 1.165) is 11.6 Å². The fourth-order valence-electron chi connectivity index (χ4n) is 2.81. The predicted molar refractivity (Wildman–Crippen MR) is 111 cm³/mol. The summed E-state index contributed by atoms with van der Waals surface area (Å²) in [5, 5.41) is 29.1. The van der Waals surface area contributed by atoms with E-state index >= 15 is 0 Å². The fraction of sp³-hybridized carbons (Fsp3) is 0.0952. The van der Waals surface area contributed by atoms with Crippen molar-refractivity contribution in [1.82, 2.24) is 15.2 Å². The van der Waals surface area contributed by atoms with E-state index in [1.807, 2.05) is 30.3 Å². The quantitative estimate of drug-likeness (QED) is 0.258. The second kappa shape index (κ2) is 9.28. The van der Waals surface area contributed by atoms with Crippen molar-refractivity contribution in [3.05, 3.63) is 99.8 Å². The van der Waals surface area contributed by atoms with Crippen molar-refractivity contribution in [3.8, 4) is 5.75 Å². The highest BCUT2D eigenvalue weighted by atomic mass is 16.6. The number of allylic oxidation sites excluding steroid dienone is 1. The van der Waals surface area contributed by atoms with E-state index in [2.05, 4.69) is 22.2 Å². The van der Waals surface area contributed by atoms with Gasteiger partial charge in [-0.3, -0.25) is 4.79 Å². The molecule has 0 saturated heterocycles. The highest BCUT2D eigenvalue weighted by Crippen LogP contribution is 2.21. The number of phenols is 1. The molecular weight excluding hydrogens is 386 g/mol. The van der Waals surface area contributed by atoms with Gasteiger partial charge in [0.25, 0.3) is 5.91 Å². The average Bonchev–Trinajstić information content (AvgIpc) is 3.16. The van der Waals surface area contributed by atoms with E-state index in [0.29, 0.717) is 17.5 Å². The third-order valence-electron chi connectivity index (χ3n) is 4.25. The van der Waals surface area contributed by atoms with Crippen LogP contribution in [0.3, 0.4) is 0 Å². The number of carbonyl (C=O) groups is 1. The summed E-state index contributed by atoms with van der Waals surface area (Å²) in [7, 11) is 0. The molecule has 0 spiro atoms. The zero-order valence-electron chi connectivity index (χ0n) is 15.9. The third kappa shape index (κ3) is 4.76. The second-order valence-corrected chi connectivity index (χ2v) is 6.34. The molecule has 2 N–H and O–H groups in total. The number of para-hydroxylation sites is 1. The number of amides is 1. The largest absolute Gasteiger partial charge is 0.507 e. The summed E-state index contributed by atoms with van der Waals surface area (Å²) >= 11 is 0. The molecule has 0 aliphatic carbocycles. The topological polar surface area (TPSA) is 123 Å². The van der Waals surface area contributed by atoms with Crippen LogP contribution < -0.4 is 5.43 Å². The molecule has 2 aromatic carbocycles. The first-order valence-electron chi connectivity index (χ1n) is 9.01. The number of rotatable bonds is 8. The lowest BCUT2D eigenvalue weighted by Gasteiger charge is -2.05. The summed E-state index contributed by atoms with van der Waals surface area (Å²) in [5.41, 5.74) is 4.24. The summed E-state index contributed by atoms with van der Waals surface area (Å²) < 4.78 is 1.25. The summed E-state index contributed by atoms with van der Waals surface area (Å²) in [4.78, 5) is 23.0. The Morgan fingerprint density at radius 3 is 2.73 bits per heavy atom. The Labute approximate surface area is 172 Å². The SMILES string of the molecule is C=CCc1cccc(C=NNC(=O)c2cc([N+](=O)[O-])nn2Cc2ccccc2)c1O. The third-order valence-corrected chi connectivity index (χ3v) is 4.25. The highest BCUT2D eigenvalue weighted by molar-refractivity contribution is 5.94. The second-order valence-electron chi connectivity index (χ2n) is 6.34. The molecule has 0 bridgehead atoms. The molecule has 30 heavy (non-hydrogen) atoms. The van der Waals surface area contributed by atoms with E-state index < -0.39 is 16.6 Å². The number of aromatic nitrogens is 2. The molecule has 0 fully saturated rings. The Balaban J connectivity index is 1.79. The van der Waals surface area contributed by atoms with Crippen LogP contribution in [0.4, 0.5) is 5.82 Å². The summed E-state index contributed by atoms with van der Waals surface area (Å²) in [6.45, 7) is 3.83. The smallest absolute Gasteiger partial charge is 0.390 e. The summed E-state index contributed by atoms with van der Waals surface area (Å²) in [5.74, 6) is -1.06. The molecule has 0 saturated carbocycles. The molecule has 1 aromatic heterocycles. The van der Waals surface area contributed by atoms with Crippen molar-refractivity contribution in [3.63, 3.8) is 0 Å². The molecule has 9 heteroatoms. The van der Waals surface area contributed by atoms with Gasteiger partial charge in [-0.2, -0.15) is 9.78 Å². The fourth-order valence-corrected chi connectivity index (χ4v) is 2.81. The van der Waals surface area contributed by atoms with Crippen molar-refractivity contribution in [2.45, 2.75) is 13.0 Å². The van der Waals surface area contributed by atoms with Crippen LogP contribution in [0.15, 0.2) is 72.4 Å². The Bertz CT molecular complexity index is 1110. The maximum atomic E-state index is 12.6. The number of carbonyl (C=O) groups excluding carboxylic acids is 1. The molecule has 0 radical (unpaired) electrons. The number of nitrogens with zero attached hydrogens (tertiary/aromatic N) is 4. The van der Waals surface area contributed by atoms with Crippen LogP contribution in [0, 0.1) is 10.1 Å². The average molecular weight is 405 g/mol. The van der Waals surface area contributed by atoms with E-state index in [-0.39, 0.29) is 18.0 Å². The first kappa shape index (κ1) is 20.5. The van der Waals surface area contributed by atoms with Gasteiger partial charge in [0.05, 0.1) is 23.9 Å². The monoisotopic (exact) mass is 405 g/mol. The van der Waals surface area contributed by atoms with Gasteiger partial charge >= 0.3 is 5.82 Å². The lowest BCUT2D eigenvalue weighted by atomic mass is 10.1. The Hall–Kier alpha value is -4.27. The molecular formula is C21H19N5O4. The van der Waals surface area contributed by atoms with Gasteiger partial charge in [-0.15, -0.1) is 6.58 Å². The molecule has 0 aliphatic rings. The maximum absolute atomic E-state index is 12.6. The molecule has 0 aliphatic heterocycles. The van der Waals surface area contributed by atoms with Crippen LogP contribution in [-0.2, 0) is 13.0 Å². The van der Waals surface area contributed by atoms with Crippen LogP contribution in [0.5, 0.6) is 5.75 Å². The lowest BCUT2D eigenvalue weighted by molar-refractivity contribution is -0.389. The van der Waals surface area contributed by atoms with Crippen molar-refractivity contribution in [2.75, 3.05) is 0 Å². The normalized spacial score (nSPS) is 10.8. The number of benzene rings is 2. The summed E-state index contributed by atoms with van der Waals surface area (Å²) in [6, 6.07) is 15.4. The van der Waals surface area contributed by atoms with E-state index in [4.69, 9.17) is 0 Å². The number of nitrogens with one attached hydrogen (secondary N) is 1. The minimum absolute atomic E-state index is 0.00710. The van der Waals surface area contributed by atoms with Crippen molar-refractivity contribution in [2.24, 2.45) is 5.10 Å². The van der Waals surface area contributed by atoms with Gasteiger partial charge in [-0.25, -0.2) is 5.43 Å². The zero-order valence-corrected chi connectivity index (χ0v) is 15.9. The van der Waals surface area contributed by atoms with Crippen LogP contribution >= 0.6 is 0 Å². The lowest BCUT2D eigenvalue weighted by Crippen LogP contribution is -2.22. The standard InChI is InChI=1S/C21H19N5O4/c1-2-7-16-10-6-11-17(20(16)27)13-22-23-21(28)18-12-19(26(29)30)24-25(18)14-15-8-4-3-5-9-15/h2-6,8-13,27H,1,7,14H2,(H,23,28). The zero-order chi connectivity index (χ0) is 21.5. The van der Waals surface area contributed by atoms with Gasteiger partial charge in [-0.1, -0.05) is 48.5 Å². The predicted octanol–water partition coefficient (Wildman–Crippen LogP) is 3.04. The number of hydrogen-bond acceptors (Lipinski definition) is 6. The molecule has 9 nitrogen and oxygen atoms in total. The highest BCUT2D eigenvalue weighted by Gasteiger charge is 2.23.